The van der Waals surface area contributed by atoms with E-state index in [1.165, 1.54) is 6.42 Å². The lowest BCUT2D eigenvalue weighted by atomic mass is 10.2. The zero-order valence-corrected chi connectivity index (χ0v) is 10.5. The molecule has 0 saturated carbocycles. The minimum Gasteiger partial charge on any atom is -0.377 e. The Labute approximate surface area is 106 Å². The molecule has 2 rings (SSSR count). The number of benzene rings is 1. The molecule has 0 amide bonds. The van der Waals surface area contributed by atoms with Gasteiger partial charge in [0.1, 0.15) is 0 Å². The van der Waals surface area contributed by atoms with Gasteiger partial charge in [0.15, 0.2) is 0 Å². The van der Waals surface area contributed by atoms with Crippen LogP contribution in [0.25, 0.3) is 0 Å². The predicted molar refractivity (Wildman–Crippen MR) is 67.1 cm³/mol. The Morgan fingerprint density at radius 1 is 1.38 bits per heavy atom. The zero-order valence-electron chi connectivity index (χ0n) is 9.01. The van der Waals surface area contributed by atoms with Crippen molar-refractivity contribution in [2.75, 3.05) is 13.2 Å². The van der Waals surface area contributed by atoms with E-state index in [1.807, 2.05) is 12.1 Å². The van der Waals surface area contributed by atoms with Gasteiger partial charge in [0.05, 0.1) is 16.1 Å². The summed E-state index contributed by atoms with van der Waals surface area (Å²) >= 11 is 12.0. The van der Waals surface area contributed by atoms with Crippen LogP contribution in [0.2, 0.25) is 10.0 Å². The second-order valence-electron chi connectivity index (χ2n) is 3.98. The van der Waals surface area contributed by atoms with Crippen molar-refractivity contribution in [3.63, 3.8) is 0 Å². The largest absolute Gasteiger partial charge is 0.377 e. The molecule has 1 aromatic carbocycles. The van der Waals surface area contributed by atoms with Crippen LogP contribution in [0.1, 0.15) is 18.4 Å². The molecule has 16 heavy (non-hydrogen) atoms. The van der Waals surface area contributed by atoms with E-state index in [0.717, 1.165) is 31.7 Å². The van der Waals surface area contributed by atoms with Crippen LogP contribution >= 0.6 is 23.2 Å². The van der Waals surface area contributed by atoms with Gasteiger partial charge in [0.25, 0.3) is 0 Å². The molecule has 1 aromatic rings. The van der Waals surface area contributed by atoms with E-state index in [1.54, 1.807) is 6.07 Å². The summed E-state index contributed by atoms with van der Waals surface area (Å²) in [6.07, 6.45) is 2.68. The van der Waals surface area contributed by atoms with Gasteiger partial charge in [0, 0.05) is 19.7 Å². The van der Waals surface area contributed by atoms with Crippen molar-refractivity contribution in [3.05, 3.63) is 33.8 Å². The van der Waals surface area contributed by atoms with Crippen molar-refractivity contribution in [2.45, 2.75) is 25.5 Å². The average molecular weight is 260 g/mol. The van der Waals surface area contributed by atoms with Crippen LogP contribution in [-0.2, 0) is 11.3 Å². The Balaban J connectivity index is 1.82. The van der Waals surface area contributed by atoms with Gasteiger partial charge in [-0.3, -0.25) is 0 Å². The molecule has 0 aromatic heterocycles. The van der Waals surface area contributed by atoms with Crippen LogP contribution in [0.15, 0.2) is 18.2 Å². The summed E-state index contributed by atoms with van der Waals surface area (Å²) in [6.45, 7) is 2.51. The highest BCUT2D eigenvalue weighted by Gasteiger charge is 2.14. The summed E-state index contributed by atoms with van der Waals surface area (Å²) in [5.74, 6) is 0. The molecule has 0 aliphatic carbocycles. The summed E-state index contributed by atoms with van der Waals surface area (Å²) in [5, 5.41) is 4.60. The lowest BCUT2D eigenvalue weighted by molar-refractivity contribution is 0.110. The number of ether oxygens (including phenoxy) is 1. The highest BCUT2D eigenvalue weighted by atomic mass is 35.5. The Kier molecular flexibility index (Phi) is 4.47. The Hall–Kier alpha value is -0.280. The molecule has 88 valence electrons. The zero-order chi connectivity index (χ0) is 11.4. The van der Waals surface area contributed by atoms with Gasteiger partial charge in [-0.1, -0.05) is 35.3 Å². The van der Waals surface area contributed by atoms with Crippen LogP contribution in [0.3, 0.4) is 0 Å². The lowest BCUT2D eigenvalue weighted by Gasteiger charge is -2.11. The molecule has 1 saturated heterocycles. The molecule has 1 aliphatic rings. The quantitative estimate of drug-likeness (QED) is 0.897. The van der Waals surface area contributed by atoms with Crippen LogP contribution in [0.4, 0.5) is 0 Å². The maximum Gasteiger partial charge on any atom is 0.0700 e. The Morgan fingerprint density at radius 2 is 2.25 bits per heavy atom. The van der Waals surface area contributed by atoms with Crippen molar-refractivity contribution in [2.24, 2.45) is 0 Å². The number of rotatable bonds is 4. The minimum absolute atomic E-state index is 0.359. The molecule has 2 nitrogen and oxygen atoms in total. The summed E-state index contributed by atoms with van der Waals surface area (Å²) in [5.41, 5.74) is 1.03. The predicted octanol–water partition coefficient (Wildman–Crippen LogP) is 3.26. The fraction of sp³-hybridized carbons (Fsp3) is 0.500. The number of nitrogens with one attached hydrogen (secondary N) is 1. The van der Waals surface area contributed by atoms with Crippen LogP contribution in [0.5, 0.6) is 0 Å². The third-order valence-electron chi connectivity index (χ3n) is 2.74. The molecular weight excluding hydrogens is 245 g/mol. The summed E-state index contributed by atoms with van der Waals surface area (Å²) < 4.78 is 5.52. The van der Waals surface area contributed by atoms with Gasteiger partial charge < -0.3 is 10.1 Å². The average Bonchev–Trinajstić information content (AvgIpc) is 2.77. The maximum absolute atomic E-state index is 6.09. The smallest absolute Gasteiger partial charge is 0.0700 e. The molecule has 0 unspecified atom stereocenters. The van der Waals surface area contributed by atoms with Crippen molar-refractivity contribution in [1.82, 2.24) is 5.32 Å². The molecule has 1 aliphatic heterocycles. The first-order valence-corrected chi connectivity index (χ1v) is 6.28. The van der Waals surface area contributed by atoms with Crippen LogP contribution in [-0.4, -0.2) is 19.3 Å². The number of hydrogen-bond acceptors (Lipinski definition) is 2. The molecule has 1 atom stereocenters. The molecule has 0 radical (unpaired) electrons. The summed E-state index contributed by atoms with van der Waals surface area (Å²) in [4.78, 5) is 0. The second-order valence-corrected chi connectivity index (χ2v) is 4.76. The Bertz CT molecular complexity index is 351. The number of hydrogen-bond donors (Lipinski definition) is 1. The van der Waals surface area contributed by atoms with Crippen LogP contribution in [0, 0.1) is 0 Å². The molecule has 1 heterocycles. The van der Waals surface area contributed by atoms with Gasteiger partial charge in [-0.2, -0.15) is 0 Å². The molecule has 0 bridgehead atoms. The van der Waals surface area contributed by atoms with Crippen molar-refractivity contribution in [3.8, 4) is 0 Å². The maximum atomic E-state index is 6.09. The monoisotopic (exact) mass is 259 g/mol. The fourth-order valence-electron chi connectivity index (χ4n) is 1.86. The first-order valence-electron chi connectivity index (χ1n) is 5.52. The van der Waals surface area contributed by atoms with E-state index in [0.29, 0.717) is 16.1 Å². The number of halogens is 2. The summed E-state index contributed by atoms with van der Waals surface area (Å²) in [6, 6.07) is 5.70. The van der Waals surface area contributed by atoms with Gasteiger partial charge in [-0.15, -0.1) is 0 Å². The first kappa shape index (κ1) is 12.2. The molecule has 4 heteroatoms. The third-order valence-corrected chi connectivity index (χ3v) is 3.60. The van der Waals surface area contributed by atoms with Crippen LogP contribution < -0.4 is 5.32 Å². The van der Waals surface area contributed by atoms with E-state index in [4.69, 9.17) is 27.9 Å². The first-order chi connectivity index (χ1) is 7.77. The van der Waals surface area contributed by atoms with Crippen molar-refractivity contribution in [1.29, 1.82) is 0 Å². The van der Waals surface area contributed by atoms with E-state index in [9.17, 15) is 0 Å². The third kappa shape index (κ3) is 3.11. The van der Waals surface area contributed by atoms with E-state index in [2.05, 4.69) is 5.32 Å². The van der Waals surface area contributed by atoms with Gasteiger partial charge >= 0.3 is 0 Å². The highest BCUT2D eigenvalue weighted by molar-refractivity contribution is 6.42. The molecule has 1 fully saturated rings. The minimum atomic E-state index is 0.359. The standard InChI is InChI=1S/C12H15Cl2NO/c13-11-5-1-3-9(12(11)14)7-15-8-10-4-2-6-16-10/h1,3,5,10,15H,2,4,6-8H2/t10-/m1/s1. The van der Waals surface area contributed by atoms with Gasteiger partial charge in [-0.05, 0) is 24.5 Å². The fourth-order valence-corrected chi connectivity index (χ4v) is 2.25. The van der Waals surface area contributed by atoms with Crippen molar-refractivity contribution >= 4 is 23.2 Å². The summed E-state index contributed by atoms with van der Waals surface area (Å²) in [7, 11) is 0. The molecular formula is C12H15Cl2NO. The lowest BCUT2D eigenvalue weighted by Crippen LogP contribution is -2.25. The normalized spacial score (nSPS) is 20.2. The molecule has 1 N–H and O–H groups in total. The van der Waals surface area contributed by atoms with E-state index >= 15 is 0 Å². The second kappa shape index (κ2) is 5.87. The van der Waals surface area contributed by atoms with Gasteiger partial charge in [-0.25, -0.2) is 0 Å². The topological polar surface area (TPSA) is 21.3 Å². The van der Waals surface area contributed by atoms with E-state index < -0.39 is 0 Å². The van der Waals surface area contributed by atoms with Crippen molar-refractivity contribution < 1.29 is 4.74 Å². The van der Waals surface area contributed by atoms with Gasteiger partial charge in [0.2, 0.25) is 0 Å². The Morgan fingerprint density at radius 3 is 3.00 bits per heavy atom. The highest BCUT2D eigenvalue weighted by Crippen LogP contribution is 2.25. The van der Waals surface area contributed by atoms with E-state index in [-0.39, 0.29) is 0 Å². The SMILES string of the molecule is Clc1cccc(CNC[C@H]2CCCO2)c1Cl. The molecule has 0 spiro atoms.